The lowest BCUT2D eigenvalue weighted by atomic mass is 10.0. The molecule has 0 aromatic carbocycles. The fraction of sp³-hybridized carbons (Fsp3) is 0.872. The molecule has 0 amide bonds. The molecule has 0 aromatic rings. The third-order valence-corrected chi connectivity index (χ3v) is 9.47. The molecule has 0 aliphatic rings. The van der Waals surface area contributed by atoms with Crippen LogP contribution in [0.5, 0.6) is 0 Å². The van der Waals surface area contributed by atoms with Crippen molar-refractivity contribution >= 4 is 17.9 Å². The van der Waals surface area contributed by atoms with Crippen LogP contribution in [0.3, 0.4) is 0 Å². The number of carbonyl (C=O) groups is 3. The molecule has 0 spiro atoms. The Morgan fingerprint density at radius 2 is 0.652 bits per heavy atom. The highest BCUT2D eigenvalue weighted by Gasteiger charge is 2.26. The van der Waals surface area contributed by atoms with Crippen molar-refractivity contribution in [2.24, 2.45) is 0 Å². The van der Waals surface area contributed by atoms with Gasteiger partial charge in [0.05, 0.1) is 26.2 Å². The maximum absolute atomic E-state index is 11.0. The molecule has 0 rings (SSSR count). The molecule has 0 radical (unpaired) electrons. The van der Waals surface area contributed by atoms with Crippen LogP contribution in [0, 0.1) is 0 Å². The van der Waals surface area contributed by atoms with E-state index in [1.54, 1.807) is 0 Å². The van der Waals surface area contributed by atoms with Crippen LogP contribution < -0.4 is 0 Å². The van der Waals surface area contributed by atoms with Crippen molar-refractivity contribution in [2.45, 2.75) is 193 Å². The van der Waals surface area contributed by atoms with Crippen LogP contribution in [-0.4, -0.2) is 63.9 Å². The summed E-state index contributed by atoms with van der Waals surface area (Å²) in [6, 6.07) is 0. The Morgan fingerprint density at radius 3 is 0.935 bits per heavy atom. The lowest BCUT2D eigenvalue weighted by molar-refractivity contribution is -0.929. The fourth-order valence-corrected chi connectivity index (χ4v) is 6.66. The monoisotopic (exact) mass is 653 g/mol. The number of quaternary nitrogens is 1. The maximum atomic E-state index is 11.0. The Kier molecular flexibility index (Phi) is 31.7. The van der Waals surface area contributed by atoms with Crippen LogP contribution in [0.25, 0.3) is 0 Å². The molecule has 0 aliphatic carbocycles. The van der Waals surface area contributed by atoms with E-state index in [0.717, 1.165) is 62.8 Å². The minimum Gasteiger partial charge on any atom is -0.481 e. The number of allylic oxidation sites excluding steroid dienone is 2. The molecule has 3 N–H and O–H groups in total. The van der Waals surface area contributed by atoms with Gasteiger partial charge in [0, 0.05) is 19.3 Å². The Hall–Kier alpha value is -1.89. The van der Waals surface area contributed by atoms with E-state index in [-0.39, 0.29) is 19.3 Å². The summed E-state index contributed by atoms with van der Waals surface area (Å²) >= 11 is 0. The van der Waals surface area contributed by atoms with Crippen molar-refractivity contribution < 1.29 is 34.2 Å². The predicted octanol–water partition coefficient (Wildman–Crippen LogP) is 10.9. The molecule has 7 heteroatoms. The van der Waals surface area contributed by atoms with Gasteiger partial charge in [0.25, 0.3) is 0 Å². The molecule has 0 saturated carbocycles. The number of rotatable bonds is 37. The van der Waals surface area contributed by atoms with Crippen molar-refractivity contribution in [3.8, 4) is 0 Å². The Labute approximate surface area is 283 Å². The van der Waals surface area contributed by atoms with Gasteiger partial charge < -0.3 is 19.8 Å². The van der Waals surface area contributed by atoms with E-state index in [2.05, 4.69) is 19.1 Å². The first-order valence-corrected chi connectivity index (χ1v) is 19.5. The zero-order valence-electron chi connectivity index (χ0n) is 30.0. The average molecular weight is 653 g/mol. The Bertz CT molecular complexity index is 698. The highest BCUT2D eigenvalue weighted by molar-refractivity contribution is 5.67. The summed E-state index contributed by atoms with van der Waals surface area (Å²) in [4.78, 5) is 33.1. The van der Waals surface area contributed by atoms with E-state index < -0.39 is 17.9 Å². The zero-order chi connectivity index (χ0) is 34.0. The SMILES string of the molecule is CC/C=C/CCCCCCCCCCCCCCCCCCCC[N+](CCCCC(=O)O)(CCCCC(=O)O)CCCCC(=O)O. The van der Waals surface area contributed by atoms with Crippen molar-refractivity contribution in [1.29, 1.82) is 0 Å². The number of nitrogens with zero attached hydrogens (tertiary/aromatic N) is 1. The van der Waals surface area contributed by atoms with Crippen molar-refractivity contribution in [1.82, 2.24) is 0 Å². The van der Waals surface area contributed by atoms with Gasteiger partial charge in [-0.25, -0.2) is 0 Å². The second kappa shape index (κ2) is 33.0. The van der Waals surface area contributed by atoms with Gasteiger partial charge in [0.15, 0.2) is 0 Å². The van der Waals surface area contributed by atoms with Gasteiger partial charge in [0.1, 0.15) is 0 Å². The third kappa shape index (κ3) is 32.1. The van der Waals surface area contributed by atoms with Gasteiger partial charge in [-0.3, -0.25) is 14.4 Å². The van der Waals surface area contributed by atoms with Crippen molar-refractivity contribution in [3.05, 3.63) is 12.2 Å². The molecule has 7 nitrogen and oxygen atoms in total. The molecular formula is C39H74NO6+. The largest absolute Gasteiger partial charge is 0.481 e. The molecule has 0 aromatic heterocycles. The summed E-state index contributed by atoms with van der Waals surface area (Å²) in [6.07, 6.45) is 36.2. The van der Waals surface area contributed by atoms with Crippen molar-refractivity contribution in [2.75, 3.05) is 26.2 Å². The predicted molar refractivity (Wildman–Crippen MR) is 191 cm³/mol. The van der Waals surface area contributed by atoms with Crippen LogP contribution in [0.1, 0.15) is 193 Å². The number of unbranched alkanes of at least 4 members (excludes halogenated alkanes) is 21. The first kappa shape index (κ1) is 44.1. The first-order valence-electron chi connectivity index (χ1n) is 19.5. The highest BCUT2D eigenvalue weighted by Crippen LogP contribution is 2.20. The number of hydrogen-bond acceptors (Lipinski definition) is 3. The second-order valence-electron chi connectivity index (χ2n) is 13.8. The average Bonchev–Trinajstić information content (AvgIpc) is 3.02. The Balaban J connectivity index is 4.12. The van der Waals surface area contributed by atoms with Gasteiger partial charge in [-0.05, 0) is 70.6 Å². The van der Waals surface area contributed by atoms with Gasteiger partial charge in [-0.15, -0.1) is 0 Å². The third-order valence-electron chi connectivity index (χ3n) is 9.47. The first-order chi connectivity index (χ1) is 22.3. The molecule has 0 fully saturated rings. The smallest absolute Gasteiger partial charge is 0.303 e. The highest BCUT2D eigenvalue weighted by atomic mass is 16.4. The van der Waals surface area contributed by atoms with Gasteiger partial charge in [-0.1, -0.05) is 115 Å². The summed E-state index contributed by atoms with van der Waals surface area (Å²) in [6.45, 7) is 5.90. The molecule has 0 unspecified atom stereocenters. The quantitative estimate of drug-likeness (QED) is 0.0350. The van der Waals surface area contributed by atoms with E-state index in [1.165, 1.54) is 116 Å². The molecule has 0 bridgehead atoms. The number of carboxylic acids is 3. The normalized spacial score (nSPS) is 11.8. The van der Waals surface area contributed by atoms with Crippen LogP contribution in [0.15, 0.2) is 12.2 Å². The lowest BCUT2D eigenvalue weighted by Gasteiger charge is -2.39. The summed E-state index contributed by atoms with van der Waals surface area (Å²) in [5.41, 5.74) is 0. The molecule has 0 atom stereocenters. The number of carboxylic acid groups (broad SMARTS) is 3. The number of hydrogen-bond donors (Lipinski definition) is 3. The van der Waals surface area contributed by atoms with Crippen LogP contribution in [0.2, 0.25) is 0 Å². The summed E-state index contributed by atoms with van der Waals surface area (Å²) in [5.74, 6) is -2.29. The maximum Gasteiger partial charge on any atom is 0.303 e. The molecule has 0 aliphatic heterocycles. The van der Waals surface area contributed by atoms with E-state index >= 15 is 0 Å². The molecule has 46 heavy (non-hydrogen) atoms. The fourth-order valence-electron chi connectivity index (χ4n) is 6.66. The van der Waals surface area contributed by atoms with E-state index in [1.807, 2.05) is 0 Å². The summed E-state index contributed by atoms with van der Waals surface area (Å²) < 4.78 is 0.871. The number of aliphatic carboxylic acids is 3. The molecule has 270 valence electrons. The summed E-state index contributed by atoms with van der Waals surface area (Å²) in [5, 5.41) is 27.2. The van der Waals surface area contributed by atoms with Crippen LogP contribution in [0.4, 0.5) is 0 Å². The molecular weight excluding hydrogens is 578 g/mol. The molecule has 0 saturated heterocycles. The van der Waals surface area contributed by atoms with Gasteiger partial charge >= 0.3 is 17.9 Å². The standard InChI is InChI=1S/C39H73NO6/c1-2-3-4-5-6-7-8-9-10-11-12-13-14-15-16-17-18-19-20-21-22-26-33-40(34-27-23-30-37(41)42,35-28-24-31-38(43)44)36-29-25-32-39(45)46/h3-4H,2,5-36H2,1H3,(H2-,41,42,43,44,45,46)/p+1/b4-3+. The minimum atomic E-state index is -0.765. The molecule has 0 heterocycles. The second-order valence-corrected chi connectivity index (χ2v) is 13.8. The van der Waals surface area contributed by atoms with E-state index in [0.29, 0.717) is 19.3 Å². The summed E-state index contributed by atoms with van der Waals surface area (Å²) in [7, 11) is 0. The van der Waals surface area contributed by atoms with Crippen molar-refractivity contribution in [3.63, 3.8) is 0 Å². The lowest BCUT2D eigenvalue weighted by Crippen LogP contribution is -2.51. The zero-order valence-corrected chi connectivity index (χ0v) is 30.0. The minimum absolute atomic E-state index is 0.177. The van der Waals surface area contributed by atoms with Crippen LogP contribution >= 0.6 is 0 Å². The van der Waals surface area contributed by atoms with Gasteiger partial charge in [-0.2, -0.15) is 0 Å². The topological polar surface area (TPSA) is 112 Å². The Morgan fingerprint density at radius 1 is 0.391 bits per heavy atom. The van der Waals surface area contributed by atoms with E-state index in [9.17, 15) is 14.4 Å². The van der Waals surface area contributed by atoms with E-state index in [4.69, 9.17) is 15.3 Å². The van der Waals surface area contributed by atoms with Crippen LogP contribution in [-0.2, 0) is 14.4 Å². The van der Waals surface area contributed by atoms with Gasteiger partial charge in [0.2, 0.25) is 0 Å².